The van der Waals surface area contributed by atoms with Crippen LogP contribution in [0.3, 0.4) is 0 Å². The summed E-state index contributed by atoms with van der Waals surface area (Å²) in [5.41, 5.74) is 1.40. The van der Waals surface area contributed by atoms with Crippen LogP contribution < -0.4 is 4.74 Å². The lowest BCUT2D eigenvalue weighted by Gasteiger charge is -2.32. The minimum absolute atomic E-state index is 0.334. The van der Waals surface area contributed by atoms with Gasteiger partial charge in [0.1, 0.15) is 5.75 Å². The number of pyridine rings is 1. The Kier molecular flexibility index (Phi) is 5.89. The molecular weight excluding hydrogens is 373 g/mol. The monoisotopic (exact) mass is 393 g/mol. The molecule has 0 radical (unpaired) electrons. The van der Waals surface area contributed by atoms with Gasteiger partial charge < -0.3 is 14.8 Å². The van der Waals surface area contributed by atoms with Crippen molar-refractivity contribution in [1.29, 1.82) is 0 Å². The van der Waals surface area contributed by atoms with E-state index in [0.29, 0.717) is 39.0 Å². The van der Waals surface area contributed by atoms with E-state index < -0.39 is 0 Å². The van der Waals surface area contributed by atoms with Crippen LogP contribution in [0.1, 0.15) is 31.0 Å². The van der Waals surface area contributed by atoms with Gasteiger partial charge in [0.15, 0.2) is 5.84 Å². The van der Waals surface area contributed by atoms with Crippen LogP contribution in [0.2, 0.25) is 10.0 Å². The standard InChI is InChI=1S/C19H21Cl2N3O2/c1-12-7-9-24(10-8-12)18(23-25)15-5-3-13(2)22-19(15)26-17-11-14(20)4-6-16(17)21/h3-6,11-12,25H,7-10H2,1-2H3/b23-18-. The van der Waals surface area contributed by atoms with E-state index in [0.717, 1.165) is 31.6 Å². The molecule has 1 aromatic carbocycles. The number of benzene rings is 1. The molecule has 0 aliphatic carbocycles. The number of rotatable bonds is 3. The van der Waals surface area contributed by atoms with Crippen LogP contribution in [0.15, 0.2) is 35.5 Å². The van der Waals surface area contributed by atoms with E-state index in [1.165, 1.54) is 0 Å². The van der Waals surface area contributed by atoms with Gasteiger partial charge in [0.2, 0.25) is 5.88 Å². The summed E-state index contributed by atoms with van der Waals surface area (Å²) in [4.78, 5) is 6.53. The molecule has 7 heteroatoms. The predicted molar refractivity (Wildman–Crippen MR) is 104 cm³/mol. The zero-order valence-corrected chi connectivity index (χ0v) is 16.3. The van der Waals surface area contributed by atoms with Crippen molar-refractivity contribution in [2.45, 2.75) is 26.7 Å². The molecule has 1 aromatic heterocycles. The molecule has 2 aromatic rings. The maximum absolute atomic E-state index is 9.67. The Hall–Kier alpha value is -1.98. The van der Waals surface area contributed by atoms with E-state index in [1.807, 2.05) is 19.1 Å². The van der Waals surface area contributed by atoms with E-state index >= 15 is 0 Å². The third-order valence-electron chi connectivity index (χ3n) is 4.52. The van der Waals surface area contributed by atoms with Crippen LogP contribution in [0.25, 0.3) is 0 Å². The first-order valence-electron chi connectivity index (χ1n) is 8.56. The Morgan fingerprint density at radius 2 is 1.96 bits per heavy atom. The molecule has 138 valence electrons. The molecule has 0 atom stereocenters. The lowest BCUT2D eigenvalue weighted by atomic mass is 9.98. The first kappa shape index (κ1) is 18.8. The fourth-order valence-electron chi connectivity index (χ4n) is 2.95. The largest absolute Gasteiger partial charge is 0.437 e. The smallest absolute Gasteiger partial charge is 0.230 e. The van der Waals surface area contributed by atoms with Gasteiger partial charge in [0.05, 0.1) is 10.6 Å². The zero-order valence-electron chi connectivity index (χ0n) is 14.7. The molecule has 1 aliphatic heterocycles. The van der Waals surface area contributed by atoms with E-state index in [-0.39, 0.29) is 0 Å². The molecule has 0 spiro atoms. The summed E-state index contributed by atoms with van der Waals surface area (Å²) in [6, 6.07) is 8.71. The van der Waals surface area contributed by atoms with Gasteiger partial charge in [-0.1, -0.05) is 35.3 Å². The van der Waals surface area contributed by atoms with Gasteiger partial charge in [-0.3, -0.25) is 0 Å². The van der Waals surface area contributed by atoms with Crippen LogP contribution in [-0.4, -0.2) is 34.0 Å². The second-order valence-electron chi connectivity index (χ2n) is 6.58. The van der Waals surface area contributed by atoms with Crippen LogP contribution in [0.4, 0.5) is 0 Å². The van der Waals surface area contributed by atoms with E-state index in [2.05, 4.69) is 22.0 Å². The quantitative estimate of drug-likeness (QED) is 0.330. The topological polar surface area (TPSA) is 58.0 Å². The first-order valence-corrected chi connectivity index (χ1v) is 9.31. The third kappa shape index (κ3) is 4.22. The Morgan fingerprint density at radius 3 is 2.65 bits per heavy atom. The fraction of sp³-hybridized carbons (Fsp3) is 0.368. The van der Waals surface area contributed by atoms with Gasteiger partial charge in [0, 0.05) is 29.9 Å². The summed E-state index contributed by atoms with van der Waals surface area (Å²) in [5, 5.41) is 14.2. The lowest BCUT2D eigenvalue weighted by Crippen LogP contribution is -2.38. The van der Waals surface area contributed by atoms with Gasteiger partial charge in [-0.2, -0.15) is 0 Å². The van der Waals surface area contributed by atoms with Gasteiger partial charge in [0.25, 0.3) is 0 Å². The number of likely N-dealkylation sites (tertiary alicyclic amines) is 1. The average molecular weight is 394 g/mol. The molecule has 1 fully saturated rings. The van der Waals surface area contributed by atoms with Crippen LogP contribution in [-0.2, 0) is 0 Å². The van der Waals surface area contributed by atoms with Crippen LogP contribution in [0, 0.1) is 12.8 Å². The SMILES string of the molecule is Cc1ccc(/C(=N/O)N2CCC(C)CC2)c(Oc2cc(Cl)ccc2Cl)n1. The fourth-order valence-corrected chi connectivity index (χ4v) is 3.27. The number of hydrogen-bond acceptors (Lipinski definition) is 4. The summed E-state index contributed by atoms with van der Waals surface area (Å²) in [6.45, 7) is 5.75. The van der Waals surface area contributed by atoms with Gasteiger partial charge >= 0.3 is 0 Å². The summed E-state index contributed by atoms with van der Waals surface area (Å²) in [7, 11) is 0. The molecular formula is C19H21Cl2N3O2. The van der Waals surface area contributed by atoms with E-state index in [9.17, 15) is 5.21 Å². The minimum Gasteiger partial charge on any atom is -0.437 e. The summed E-state index contributed by atoms with van der Waals surface area (Å²) >= 11 is 12.3. The van der Waals surface area contributed by atoms with Crippen molar-refractivity contribution in [2.24, 2.45) is 11.1 Å². The summed E-state index contributed by atoms with van der Waals surface area (Å²) in [6.07, 6.45) is 2.10. The molecule has 26 heavy (non-hydrogen) atoms. The molecule has 0 amide bonds. The average Bonchev–Trinajstić information content (AvgIpc) is 2.62. The Labute approximate surface area is 163 Å². The number of ether oxygens (including phenoxy) is 1. The molecule has 0 saturated carbocycles. The lowest BCUT2D eigenvalue weighted by molar-refractivity contribution is 0.257. The van der Waals surface area contributed by atoms with Crippen molar-refractivity contribution in [3.05, 3.63) is 51.6 Å². The van der Waals surface area contributed by atoms with Crippen molar-refractivity contribution in [1.82, 2.24) is 9.88 Å². The molecule has 1 aliphatic rings. The summed E-state index contributed by atoms with van der Waals surface area (Å²) < 4.78 is 5.95. The maximum Gasteiger partial charge on any atom is 0.230 e. The third-order valence-corrected chi connectivity index (χ3v) is 5.07. The number of hydrogen-bond donors (Lipinski definition) is 1. The van der Waals surface area contributed by atoms with Gasteiger partial charge in [-0.25, -0.2) is 4.98 Å². The zero-order chi connectivity index (χ0) is 18.7. The number of halogens is 2. The number of nitrogens with zero attached hydrogens (tertiary/aromatic N) is 3. The molecule has 3 rings (SSSR count). The van der Waals surface area contributed by atoms with Gasteiger partial charge in [-0.15, -0.1) is 0 Å². The summed E-state index contributed by atoms with van der Waals surface area (Å²) in [5.74, 6) is 1.87. The second kappa shape index (κ2) is 8.14. The molecule has 0 unspecified atom stereocenters. The molecule has 2 heterocycles. The highest BCUT2D eigenvalue weighted by Gasteiger charge is 2.24. The number of aromatic nitrogens is 1. The van der Waals surface area contributed by atoms with Crippen LogP contribution in [0.5, 0.6) is 11.6 Å². The number of piperidine rings is 1. The van der Waals surface area contributed by atoms with E-state index in [4.69, 9.17) is 27.9 Å². The van der Waals surface area contributed by atoms with Crippen molar-refractivity contribution < 1.29 is 9.94 Å². The van der Waals surface area contributed by atoms with Crippen molar-refractivity contribution >= 4 is 29.0 Å². The molecule has 1 saturated heterocycles. The Bertz CT molecular complexity index is 818. The van der Waals surface area contributed by atoms with Gasteiger partial charge in [-0.05, 0) is 49.9 Å². The normalized spacial score (nSPS) is 16.0. The predicted octanol–water partition coefficient (Wildman–Crippen LogP) is 5.36. The van der Waals surface area contributed by atoms with E-state index in [1.54, 1.807) is 18.2 Å². The Balaban J connectivity index is 1.96. The highest BCUT2D eigenvalue weighted by atomic mass is 35.5. The number of oxime groups is 1. The second-order valence-corrected chi connectivity index (χ2v) is 7.42. The molecule has 5 nitrogen and oxygen atoms in total. The maximum atomic E-state index is 9.67. The van der Waals surface area contributed by atoms with Crippen molar-refractivity contribution in [3.8, 4) is 11.6 Å². The first-order chi connectivity index (χ1) is 12.5. The highest BCUT2D eigenvalue weighted by Crippen LogP contribution is 2.33. The van der Waals surface area contributed by atoms with Crippen molar-refractivity contribution in [2.75, 3.05) is 13.1 Å². The Morgan fingerprint density at radius 1 is 1.23 bits per heavy atom. The molecule has 1 N–H and O–H groups in total. The molecule has 0 bridgehead atoms. The van der Waals surface area contributed by atoms with Crippen LogP contribution >= 0.6 is 23.2 Å². The number of amidine groups is 1. The minimum atomic E-state index is 0.334. The van der Waals surface area contributed by atoms with Crippen molar-refractivity contribution in [3.63, 3.8) is 0 Å². The number of aryl methyl sites for hydroxylation is 1. The highest BCUT2D eigenvalue weighted by molar-refractivity contribution is 6.34.